The minimum Gasteiger partial charge on any atom is -0.353 e. The van der Waals surface area contributed by atoms with Gasteiger partial charge in [0.25, 0.3) is 0 Å². The smallest absolute Gasteiger partial charge is 0.220 e. The third kappa shape index (κ3) is 2.54. The number of amides is 1. The van der Waals surface area contributed by atoms with E-state index >= 15 is 0 Å². The van der Waals surface area contributed by atoms with Crippen molar-refractivity contribution in [3.63, 3.8) is 0 Å². The highest BCUT2D eigenvalue weighted by molar-refractivity contribution is 6.19. The van der Waals surface area contributed by atoms with Crippen LogP contribution in [0.3, 0.4) is 0 Å². The minimum atomic E-state index is 0.150. The van der Waals surface area contributed by atoms with Crippen LogP contribution in [0.25, 0.3) is 0 Å². The van der Waals surface area contributed by atoms with Crippen LogP contribution in [-0.4, -0.2) is 17.8 Å². The topological polar surface area (TPSA) is 29.1 Å². The molecule has 0 aromatic rings. The Morgan fingerprint density at radius 1 is 1.82 bits per heavy atom. The summed E-state index contributed by atoms with van der Waals surface area (Å²) in [6, 6.07) is 0.286. The average molecular weight is 174 g/mol. The molecule has 1 unspecified atom stereocenters. The Labute approximate surface area is 71.6 Å². The van der Waals surface area contributed by atoms with E-state index in [1.807, 2.05) is 0 Å². The van der Waals surface area contributed by atoms with Gasteiger partial charge in [0.2, 0.25) is 5.91 Å². The molecule has 0 saturated carbocycles. The third-order valence-corrected chi connectivity index (χ3v) is 2.19. The van der Waals surface area contributed by atoms with Gasteiger partial charge in [0.1, 0.15) is 0 Å². The molecule has 0 aromatic carbocycles. The highest BCUT2D eigenvalue weighted by Gasteiger charge is 2.20. The van der Waals surface area contributed by atoms with Crippen molar-refractivity contribution in [2.75, 3.05) is 5.88 Å². The lowest BCUT2D eigenvalue weighted by molar-refractivity contribution is -0.119. The lowest BCUT2D eigenvalue weighted by Gasteiger charge is -2.09. The summed E-state index contributed by atoms with van der Waals surface area (Å²) in [5, 5.41) is 2.86. The Hall–Kier alpha value is -0.500. The molecule has 1 amide bonds. The van der Waals surface area contributed by atoms with Crippen LogP contribution in [0.15, 0.2) is 12.2 Å². The molecule has 1 N–H and O–H groups in total. The molecule has 62 valence electrons. The van der Waals surface area contributed by atoms with Crippen LogP contribution in [-0.2, 0) is 4.79 Å². The SMILES string of the molecule is C=C(CCl)CC1CCC(=O)N1. The summed E-state index contributed by atoms with van der Waals surface area (Å²) in [7, 11) is 0. The molecule has 2 nitrogen and oxygen atoms in total. The molecule has 1 aliphatic rings. The first-order valence-corrected chi connectivity index (χ1v) is 4.28. The van der Waals surface area contributed by atoms with Crippen molar-refractivity contribution in [2.45, 2.75) is 25.3 Å². The maximum atomic E-state index is 10.7. The maximum absolute atomic E-state index is 10.7. The number of halogens is 1. The fourth-order valence-electron chi connectivity index (χ4n) is 1.23. The van der Waals surface area contributed by atoms with Gasteiger partial charge < -0.3 is 5.32 Å². The zero-order valence-electron chi connectivity index (χ0n) is 6.40. The molecule has 1 saturated heterocycles. The van der Waals surface area contributed by atoms with E-state index in [1.165, 1.54) is 0 Å². The van der Waals surface area contributed by atoms with Crippen LogP contribution < -0.4 is 5.32 Å². The number of hydrogen-bond acceptors (Lipinski definition) is 1. The van der Waals surface area contributed by atoms with E-state index in [0.717, 1.165) is 18.4 Å². The maximum Gasteiger partial charge on any atom is 0.220 e. The first-order valence-electron chi connectivity index (χ1n) is 3.74. The second-order valence-corrected chi connectivity index (χ2v) is 3.16. The molecule has 1 atom stereocenters. The number of carbonyl (C=O) groups is 1. The molecule has 3 heteroatoms. The van der Waals surface area contributed by atoms with Gasteiger partial charge in [-0.25, -0.2) is 0 Å². The summed E-state index contributed by atoms with van der Waals surface area (Å²) >= 11 is 5.55. The van der Waals surface area contributed by atoms with Crippen molar-refractivity contribution in [1.29, 1.82) is 0 Å². The van der Waals surface area contributed by atoms with E-state index in [0.29, 0.717) is 12.3 Å². The second-order valence-electron chi connectivity index (χ2n) is 2.89. The van der Waals surface area contributed by atoms with E-state index in [4.69, 9.17) is 11.6 Å². The van der Waals surface area contributed by atoms with Gasteiger partial charge in [-0.15, -0.1) is 11.6 Å². The van der Waals surface area contributed by atoms with Crippen molar-refractivity contribution >= 4 is 17.5 Å². The van der Waals surface area contributed by atoms with E-state index in [2.05, 4.69) is 11.9 Å². The Kier molecular flexibility index (Phi) is 2.94. The highest BCUT2D eigenvalue weighted by atomic mass is 35.5. The molecule has 1 rings (SSSR count). The van der Waals surface area contributed by atoms with Gasteiger partial charge in [-0.05, 0) is 12.8 Å². The van der Waals surface area contributed by atoms with Gasteiger partial charge in [0, 0.05) is 18.3 Å². The lowest BCUT2D eigenvalue weighted by atomic mass is 10.1. The Morgan fingerprint density at radius 3 is 3.00 bits per heavy atom. The second kappa shape index (κ2) is 3.77. The number of rotatable bonds is 3. The Bertz CT molecular complexity index is 179. The molecule has 0 bridgehead atoms. The summed E-state index contributed by atoms with van der Waals surface area (Å²) in [6.07, 6.45) is 2.41. The van der Waals surface area contributed by atoms with Crippen molar-refractivity contribution in [3.8, 4) is 0 Å². The molecule has 0 aliphatic carbocycles. The predicted octanol–water partition coefficient (Wildman–Crippen LogP) is 1.45. The monoisotopic (exact) mass is 173 g/mol. The summed E-state index contributed by atoms with van der Waals surface area (Å²) < 4.78 is 0. The van der Waals surface area contributed by atoms with Gasteiger partial charge in [0.15, 0.2) is 0 Å². The predicted molar refractivity (Wildman–Crippen MR) is 45.6 cm³/mol. The fourth-order valence-corrected chi connectivity index (χ4v) is 1.34. The van der Waals surface area contributed by atoms with Crippen molar-refractivity contribution < 1.29 is 4.79 Å². The molecule has 1 aliphatic heterocycles. The fraction of sp³-hybridized carbons (Fsp3) is 0.625. The molecule has 0 spiro atoms. The van der Waals surface area contributed by atoms with Gasteiger partial charge >= 0.3 is 0 Å². The lowest BCUT2D eigenvalue weighted by Crippen LogP contribution is -2.25. The number of nitrogens with one attached hydrogen (secondary N) is 1. The molecule has 1 heterocycles. The summed E-state index contributed by atoms with van der Waals surface area (Å²) in [5.74, 6) is 0.643. The quantitative estimate of drug-likeness (QED) is 0.508. The van der Waals surface area contributed by atoms with Crippen LogP contribution in [0.5, 0.6) is 0 Å². The van der Waals surface area contributed by atoms with Gasteiger partial charge in [0.05, 0.1) is 0 Å². The number of alkyl halides is 1. The van der Waals surface area contributed by atoms with Crippen molar-refractivity contribution in [1.82, 2.24) is 5.32 Å². The Morgan fingerprint density at radius 2 is 2.55 bits per heavy atom. The van der Waals surface area contributed by atoms with Crippen LogP contribution in [0, 0.1) is 0 Å². The van der Waals surface area contributed by atoms with Gasteiger partial charge in [-0.2, -0.15) is 0 Å². The zero-order valence-corrected chi connectivity index (χ0v) is 7.16. The number of hydrogen-bond donors (Lipinski definition) is 1. The molecule has 0 aromatic heterocycles. The van der Waals surface area contributed by atoms with Crippen LogP contribution in [0.2, 0.25) is 0 Å². The van der Waals surface area contributed by atoms with Gasteiger partial charge in [-0.1, -0.05) is 12.2 Å². The standard InChI is InChI=1S/C8H12ClNO/c1-6(5-9)4-7-2-3-8(11)10-7/h7H,1-5H2,(H,10,11). The van der Waals surface area contributed by atoms with Crippen LogP contribution >= 0.6 is 11.6 Å². The van der Waals surface area contributed by atoms with Gasteiger partial charge in [-0.3, -0.25) is 4.79 Å². The largest absolute Gasteiger partial charge is 0.353 e. The average Bonchev–Trinajstić information content (AvgIpc) is 2.35. The van der Waals surface area contributed by atoms with Crippen molar-refractivity contribution in [3.05, 3.63) is 12.2 Å². The molecule has 0 radical (unpaired) electrons. The molecular weight excluding hydrogens is 162 g/mol. The molecule has 11 heavy (non-hydrogen) atoms. The number of carbonyl (C=O) groups excluding carboxylic acids is 1. The van der Waals surface area contributed by atoms with E-state index in [-0.39, 0.29) is 11.9 Å². The zero-order chi connectivity index (χ0) is 8.27. The highest BCUT2D eigenvalue weighted by Crippen LogP contribution is 2.14. The summed E-state index contributed by atoms with van der Waals surface area (Å²) in [5.41, 5.74) is 0.999. The normalized spacial score (nSPS) is 23.4. The summed E-state index contributed by atoms with van der Waals surface area (Å²) in [4.78, 5) is 10.7. The minimum absolute atomic E-state index is 0.150. The van der Waals surface area contributed by atoms with Crippen LogP contribution in [0.1, 0.15) is 19.3 Å². The third-order valence-electron chi connectivity index (χ3n) is 1.81. The van der Waals surface area contributed by atoms with E-state index in [1.54, 1.807) is 0 Å². The molecule has 1 fully saturated rings. The first kappa shape index (κ1) is 8.60. The van der Waals surface area contributed by atoms with Crippen LogP contribution in [0.4, 0.5) is 0 Å². The summed E-state index contributed by atoms with van der Waals surface area (Å²) in [6.45, 7) is 3.78. The van der Waals surface area contributed by atoms with E-state index < -0.39 is 0 Å². The van der Waals surface area contributed by atoms with Crippen molar-refractivity contribution in [2.24, 2.45) is 0 Å². The Balaban J connectivity index is 2.28. The first-order chi connectivity index (χ1) is 5.22. The molecular formula is C8H12ClNO. The van der Waals surface area contributed by atoms with E-state index in [9.17, 15) is 4.79 Å².